The summed E-state index contributed by atoms with van der Waals surface area (Å²) in [7, 11) is -4.70. The number of ether oxygens (including phenoxy) is 3. The van der Waals surface area contributed by atoms with Gasteiger partial charge in [-0.1, -0.05) is 15.9 Å². The van der Waals surface area contributed by atoms with Crippen LogP contribution in [0.2, 0.25) is 0 Å². The summed E-state index contributed by atoms with van der Waals surface area (Å²) >= 11 is 3.01. The van der Waals surface area contributed by atoms with Crippen LogP contribution in [-0.4, -0.2) is 49.0 Å². The standard InChI is InChI=1S/C12H16BrN2O8P/c1-6-3-15(11(17)14-10(6)16)9-2-7-8(22-9)4-21-12(5-13,23-7)24(18,19)20/h3,7-9H,2,4-5H2,1H3,(H,14,16,17)(H2,18,19,20)/t7-,8-,9-,12+/m1/s1. The summed E-state index contributed by atoms with van der Waals surface area (Å²) in [4.78, 5) is 44.6. The molecule has 2 fully saturated rings. The van der Waals surface area contributed by atoms with Crippen molar-refractivity contribution < 1.29 is 28.6 Å². The monoisotopic (exact) mass is 426 g/mol. The molecule has 3 rings (SSSR count). The lowest BCUT2D eigenvalue weighted by molar-refractivity contribution is -0.263. The van der Waals surface area contributed by atoms with Gasteiger partial charge in [0.2, 0.25) is 0 Å². The fraction of sp³-hybridized carbons (Fsp3) is 0.667. The summed E-state index contributed by atoms with van der Waals surface area (Å²) in [6.07, 6.45) is -0.394. The molecule has 0 unspecified atom stereocenters. The first-order chi connectivity index (χ1) is 11.2. The number of aryl methyl sites for hydroxylation is 1. The van der Waals surface area contributed by atoms with Crippen LogP contribution in [0.5, 0.6) is 0 Å². The summed E-state index contributed by atoms with van der Waals surface area (Å²) in [5.74, 6) is 0. The molecule has 0 radical (unpaired) electrons. The Kier molecular flexibility index (Phi) is 4.63. The molecule has 3 heterocycles. The van der Waals surface area contributed by atoms with E-state index in [9.17, 15) is 23.9 Å². The van der Waals surface area contributed by atoms with Crippen LogP contribution in [0.3, 0.4) is 0 Å². The molecule has 1 aromatic rings. The Morgan fingerprint density at radius 3 is 2.79 bits per heavy atom. The Bertz CT molecular complexity index is 803. The van der Waals surface area contributed by atoms with E-state index in [-0.39, 0.29) is 18.4 Å². The number of aromatic nitrogens is 2. The summed E-state index contributed by atoms with van der Waals surface area (Å²) in [5, 5.41) is -0.212. The molecule has 10 nitrogen and oxygen atoms in total. The van der Waals surface area contributed by atoms with Gasteiger partial charge in [0.25, 0.3) is 11.1 Å². The molecular weight excluding hydrogens is 411 g/mol. The van der Waals surface area contributed by atoms with E-state index in [1.165, 1.54) is 10.8 Å². The van der Waals surface area contributed by atoms with Crippen LogP contribution in [0.4, 0.5) is 0 Å². The van der Waals surface area contributed by atoms with Gasteiger partial charge in [0.1, 0.15) is 12.3 Å². The van der Waals surface area contributed by atoms with Gasteiger partial charge in [0.15, 0.2) is 0 Å². The van der Waals surface area contributed by atoms with Crippen molar-refractivity contribution in [2.75, 3.05) is 11.9 Å². The van der Waals surface area contributed by atoms with Gasteiger partial charge in [-0.15, -0.1) is 0 Å². The molecule has 0 bridgehead atoms. The van der Waals surface area contributed by atoms with Crippen molar-refractivity contribution >= 4 is 23.5 Å². The molecule has 0 aromatic carbocycles. The van der Waals surface area contributed by atoms with Gasteiger partial charge in [-0.25, -0.2) is 4.79 Å². The normalized spacial score (nSPS) is 33.4. The molecule has 24 heavy (non-hydrogen) atoms. The molecule has 0 aliphatic carbocycles. The van der Waals surface area contributed by atoms with Crippen LogP contribution in [0.15, 0.2) is 15.8 Å². The van der Waals surface area contributed by atoms with E-state index in [4.69, 9.17) is 14.2 Å². The number of hydrogen-bond acceptors (Lipinski definition) is 6. The van der Waals surface area contributed by atoms with E-state index in [0.717, 1.165) is 0 Å². The molecule has 1 aromatic heterocycles. The average molecular weight is 427 g/mol. The van der Waals surface area contributed by atoms with Crippen molar-refractivity contribution in [3.05, 3.63) is 32.6 Å². The second kappa shape index (κ2) is 6.17. The highest BCUT2D eigenvalue weighted by Crippen LogP contribution is 2.56. The van der Waals surface area contributed by atoms with Gasteiger partial charge in [-0.2, -0.15) is 0 Å². The van der Waals surface area contributed by atoms with Gasteiger partial charge in [-0.05, 0) is 6.92 Å². The SMILES string of the molecule is Cc1cn([C@H]2C[C@H]3O[C@@](CBr)(P(=O)(O)O)OC[C@H]3O2)c(=O)[nH]c1=O. The third kappa shape index (κ3) is 2.94. The van der Waals surface area contributed by atoms with E-state index in [1.807, 2.05) is 0 Å². The second-order valence-electron chi connectivity index (χ2n) is 5.70. The number of fused-ring (bicyclic) bond motifs is 1. The van der Waals surface area contributed by atoms with Crippen molar-refractivity contribution in [3.8, 4) is 0 Å². The topological polar surface area (TPSA) is 140 Å². The third-order valence-corrected chi connectivity index (χ3v) is 6.51. The summed E-state index contributed by atoms with van der Waals surface area (Å²) in [5.41, 5.74) is -2.84. The van der Waals surface area contributed by atoms with Gasteiger partial charge in [0, 0.05) is 18.2 Å². The molecule has 0 saturated carbocycles. The minimum absolute atomic E-state index is 0.0883. The quantitative estimate of drug-likeness (QED) is 0.444. The van der Waals surface area contributed by atoms with Gasteiger partial charge in [0.05, 0.1) is 18.0 Å². The van der Waals surface area contributed by atoms with Gasteiger partial charge >= 0.3 is 13.3 Å². The highest BCUT2D eigenvalue weighted by molar-refractivity contribution is 9.09. The van der Waals surface area contributed by atoms with Crippen molar-refractivity contribution in [2.24, 2.45) is 0 Å². The molecule has 2 aliphatic heterocycles. The number of halogens is 1. The fourth-order valence-electron chi connectivity index (χ4n) is 2.73. The largest absolute Gasteiger partial charge is 0.385 e. The van der Waals surface area contributed by atoms with Crippen LogP contribution in [0.1, 0.15) is 18.2 Å². The van der Waals surface area contributed by atoms with E-state index < -0.39 is 42.8 Å². The minimum atomic E-state index is -4.70. The first-order valence-electron chi connectivity index (χ1n) is 7.08. The lowest BCUT2D eigenvalue weighted by Crippen LogP contribution is -2.50. The molecule has 2 saturated heterocycles. The zero-order valence-corrected chi connectivity index (χ0v) is 15.0. The lowest BCUT2D eigenvalue weighted by atomic mass is 10.1. The van der Waals surface area contributed by atoms with Crippen LogP contribution in [0.25, 0.3) is 0 Å². The molecule has 0 spiro atoms. The maximum atomic E-state index is 12.0. The van der Waals surface area contributed by atoms with Gasteiger partial charge < -0.3 is 24.0 Å². The van der Waals surface area contributed by atoms with Crippen LogP contribution >= 0.6 is 23.5 Å². The first kappa shape index (κ1) is 18.0. The lowest BCUT2D eigenvalue weighted by Gasteiger charge is -2.40. The smallest absolute Gasteiger partial charge is 0.349 e. The molecule has 0 amide bonds. The molecule has 134 valence electrons. The number of aromatic amines is 1. The Hall–Kier alpha value is -0.810. The highest BCUT2D eigenvalue weighted by Gasteiger charge is 2.57. The van der Waals surface area contributed by atoms with Crippen LogP contribution in [0, 0.1) is 6.92 Å². The molecule has 2 aliphatic rings. The Morgan fingerprint density at radius 1 is 1.46 bits per heavy atom. The molecule has 12 heteroatoms. The molecular formula is C12H16BrN2O8P. The second-order valence-corrected chi connectivity index (χ2v) is 8.03. The maximum absolute atomic E-state index is 12.0. The number of H-pyrrole nitrogens is 1. The summed E-state index contributed by atoms with van der Waals surface area (Å²) in [6.45, 7) is 1.47. The summed E-state index contributed by atoms with van der Waals surface area (Å²) < 4.78 is 29.4. The maximum Gasteiger partial charge on any atom is 0.385 e. The van der Waals surface area contributed by atoms with Gasteiger partial charge in [-0.3, -0.25) is 18.9 Å². The van der Waals surface area contributed by atoms with Crippen molar-refractivity contribution in [2.45, 2.75) is 37.3 Å². The third-order valence-electron chi connectivity index (χ3n) is 4.06. The molecule has 3 N–H and O–H groups in total. The molecule has 4 atom stereocenters. The predicted octanol–water partition coefficient (Wildman–Crippen LogP) is -0.226. The van der Waals surface area contributed by atoms with E-state index in [2.05, 4.69) is 20.9 Å². The van der Waals surface area contributed by atoms with E-state index in [1.54, 1.807) is 6.92 Å². The van der Waals surface area contributed by atoms with Crippen LogP contribution < -0.4 is 11.2 Å². The Morgan fingerprint density at radius 2 is 2.17 bits per heavy atom. The Labute approximate surface area is 144 Å². The van der Waals surface area contributed by atoms with Crippen molar-refractivity contribution in [1.29, 1.82) is 0 Å². The fourth-order valence-corrected chi connectivity index (χ4v) is 4.67. The number of rotatable bonds is 3. The predicted molar refractivity (Wildman–Crippen MR) is 84.0 cm³/mol. The minimum Gasteiger partial charge on any atom is -0.349 e. The van der Waals surface area contributed by atoms with Crippen molar-refractivity contribution in [1.82, 2.24) is 9.55 Å². The summed E-state index contributed by atoms with van der Waals surface area (Å²) in [6, 6.07) is 0. The van der Waals surface area contributed by atoms with Crippen molar-refractivity contribution in [3.63, 3.8) is 0 Å². The first-order valence-corrected chi connectivity index (χ1v) is 9.81. The number of nitrogens with zero attached hydrogens (tertiary/aromatic N) is 1. The van der Waals surface area contributed by atoms with Crippen LogP contribution in [-0.2, 0) is 18.8 Å². The number of hydrogen-bond donors (Lipinski definition) is 3. The number of alkyl halides is 1. The zero-order valence-electron chi connectivity index (χ0n) is 12.5. The zero-order chi connectivity index (χ0) is 17.7. The highest BCUT2D eigenvalue weighted by atomic mass is 79.9. The van der Waals surface area contributed by atoms with E-state index in [0.29, 0.717) is 5.56 Å². The average Bonchev–Trinajstić information content (AvgIpc) is 2.91. The number of nitrogens with one attached hydrogen (secondary N) is 1. The van der Waals surface area contributed by atoms with E-state index >= 15 is 0 Å². The Balaban J connectivity index is 1.86.